The fraction of sp³-hybridized carbons (Fsp3) is 0.143. The summed E-state index contributed by atoms with van der Waals surface area (Å²) in [6.45, 7) is 1.66. The number of carbonyl (C=O) groups excluding carboxylic acids is 1. The average molecular weight is 502 g/mol. The van der Waals surface area contributed by atoms with Gasteiger partial charge in [0.2, 0.25) is 5.11 Å². The third-order valence-electron chi connectivity index (χ3n) is 4.72. The molecular formula is C21H16BrN3O5S. The first-order valence-corrected chi connectivity index (χ1v) is 10.3. The zero-order valence-electron chi connectivity index (χ0n) is 16.5. The summed E-state index contributed by atoms with van der Waals surface area (Å²) in [5.74, 6) is -0.126. The van der Waals surface area contributed by atoms with Gasteiger partial charge in [0.15, 0.2) is 11.0 Å². The monoisotopic (exact) mass is 501 g/mol. The Morgan fingerprint density at radius 3 is 2.68 bits per heavy atom. The first-order valence-electron chi connectivity index (χ1n) is 9.09. The van der Waals surface area contributed by atoms with Crippen LogP contribution in [0.4, 0.5) is 5.69 Å². The summed E-state index contributed by atoms with van der Waals surface area (Å²) in [5, 5.41) is 16.3. The van der Waals surface area contributed by atoms with Crippen molar-refractivity contribution in [3.63, 3.8) is 0 Å². The van der Waals surface area contributed by atoms with Crippen molar-refractivity contribution >= 4 is 62.0 Å². The zero-order chi connectivity index (χ0) is 22.3. The lowest BCUT2D eigenvalue weighted by Crippen LogP contribution is -2.29. The molecule has 1 aliphatic heterocycles. The van der Waals surface area contributed by atoms with Crippen LogP contribution in [-0.4, -0.2) is 41.0 Å². The van der Waals surface area contributed by atoms with Crippen molar-refractivity contribution in [3.05, 3.63) is 62.4 Å². The Labute approximate surface area is 190 Å². The molecule has 1 N–H and O–H groups in total. The van der Waals surface area contributed by atoms with Crippen LogP contribution in [0.25, 0.3) is 11.0 Å². The topological polar surface area (TPSA) is 95.6 Å². The van der Waals surface area contributed by atoms with E-state index in [2.05, 4.69) is 21.0 Å². The molecule has 0 radical (unpaired) electrons. The predicted molar refractivity (Wildman–Crippen MR) is 124 cm³/mol. The van der Waals surface area contributed by atoms with E-state index in [-0.39, 0.29) is 55.5 Å². The van der Waals surface area contributed by atoms with Crippen molar-refractivity contribution in [2.45, 2.75) is 6.92 Å². The number of halogens is 1. The smallest absolute Gasteiger partial charge is 0.269 e. The second-order valence-electron chi connectivity index (χ2n) is 6.69. The van der Waals surface area contributed by atoms with Gasteiger partial charge in [0.05, 0.1) is 18.9 Å². The number of anilines is 1. The van der Waals surface area contributed by atoms with Crippen LogP contribution in [0, 0.1) is 6.92 Å². The number of hydrazone groups is 1. The van der Waals surface area contributed by atoms with Crippen molar-refractivity contribution < 1.29 is 19.1 Å². The van der Waals surface area contributed by atoms with Gasteiger partial charge in [-0.15, -0.1) is 0 Å². The third-order valence-corrected chi connectivity index (χ3v) is 5.85. The zero-order valence-corrected chi connectivity index (χ0v) is 18.9. The molecule has 8 nitrogen and oxygen atoms in total. The van der Waals surface area contributed by atoms with E-state index in [4.69, 9.17) is 21.4 Å². The maximum absolute atomic E-state index is 12.6. The van der Waals surface area contributed by atoms with Crippen molar-refractivity contribution in [2.24, 2.45) is 5.10 Å². The Morgan fingerprint density at radius 1 is 1.29 bits per heavy atom. The van der Waals surface area contributed by atoms with E-state index >= 15 is 0 Å². The predicted octanol–water partition coefficient (Wildman–Crippen LogP) is 3.55. The van der Waals surface area contributed by atoms with Gasteiger partial charge >= 0.3 is 0 Å². The van der Waals surface area contributed by atoms with Gasteiger partial charge in [-0.3, -0.25) is 9.59 Å². The first-order chi connectivity index (χ1) is 14.8. The van der Waals surface area contributed by atoms with E-state index in [0.29, 0.717) is 5.76 Å². The second-order valence-corrected chi connectivity index (χ2v) is 7.85. The van der Waals surface area contributed by atoms with Crippen LogP contribution in [0.2, 0.25) is 0 Å². The van der Waals surface area contributed by atoms with Crippen LogP contribution in [0.15, 0.2) is 55.2 Å². The maximum atomic E-state index is 12.6. The molecular weight excluding hydrogens is 486 g/mol. The number of fused-ring (bicyclic) bond motifs is 1. The summed E-state index contributed by atoms with van der Waals surface area (Å²) >= 11 is 8.68. The summed E-state index contributed by atoms with van der Waals surface area (Å²) in [6.07, 6.45) is 1.23. The van der Waals surface area contributed by atoms with Gasteiger partial charge in [0.1, 0.15) is 33.7 Å². The number of carbonyl (C=O) groups is 1. The van der Waals surface area contributed by atoms with E-state index in [1.165, 1.54) is 19.4 Å². The highest BCUT2D eigenvalue weighted by Gasteiger charge is 2.34. The summed E-state index contributed by atoms with van der Waals surface area (Å²) in [4.78, 5) is 26.7. The van der Waals surface area contributed by atoms with Crippen LogP contribution >= 0.6 is 28.1 Å². The fourth-order valence-electron chi connectivity index (χ4n) is 3.31. The number of hydrogen-bond donors (Lipinski definition) is 1. The quantitative estimate of drug-likeness (QED) is 0.431. The van der Waals surface area contributed by atoms with Crippen LogP contribution < -0.4 is 15.1 Å². The Bertz CT molecular complexity index is 1310. The van der Waals surface area contributed by atoms with Crippen molar-refractivity contribution in [1.29, 1.82) is 0 Å². The van der Waals surface area contributed by atoms with E-state index in [1.54, 1.807) is 11.8 Å². The molecule has 1 amide bonds. The van der Waals surface area contributed by atoms with Gasteiger partial charge in [-0.25, -0.2) is 0 Å². The molecule has 31 heavy (non-hydrogen) atoms. The number of thiocarbonyl (C=S) groups is 1. The van der Waals surface area contributed by atoms with Gasteiger partial charge in [0.25, 0.3) is 5.91 Å². The lowest BCUT2D eigenvalue weighted by molar-refractivity contribution is -0.124. The number of hydrogen-bond acceptors (Lipinski definition) is 7. The minimum atomic E-state index is -0.339. The van der Waals surface area contributed by atoms with E-state index in [0.717, 1.165) is 10.7 Å². The molecule has 0 atom stereocenters. The van der Waals surface area contributed by atoms with Crippen LogP contribution in [-0.2, 0) is 4.79 Å². The van der Waals surface area contributed by atoms with Crippen LogP contribution in [0.3, 0.4) is 0 Å². The molecule has 0 aliphatic carbocycles. The molecule has 1 fully saturated rings. The van der Waals surface area contributed by atoms with Crippen molar-refractivity contribution in [1.82, 2.24) is 5.01 Å². The van der Waals surface area contributed by atoms with Gasteiger partial charge in [-0.1, -0.05) is 18.2 Å². The van der Waals surface area contributed by atoms with Crippen molar-refractivity contribution in [3.8, 4) is 11.5 Å². The van der Waals surface area contributed by atoms with Crippen LogP contribution in [0.1, 0.15) is 11.3 Å². The summed E-state index contributed by atoms with van der Waals surface area (Å²) < 4.78 is 11.2. The standard InChI is InChI=1S/C21H16BrN3O5S/c1-11-8-14(26)16-19(29-2)13(18(28)17(22)20(16)30-11)9-23-25-15(27)10-24(21(25)31)12-6-4-3-5-7-12/h3-9,28H,10H2,1-2H3/b23-9+. The number of aryl methyl sites for hydroxylation is 1. The Hall–Kier alpha value is -3.24. The Morgan fingerprint density at radius 2 is 2.00 bits per heavy atom. The summed E-state index contributed by atoms with van der Waals surface area (Å²) in [5.41, 5.74) is 0.681. The third kappa shape index (κ3) is 3.57. The van der Waals surface area contributed by atoms with E-state index in [9.17, 15) is 14.7 Å². The molecule has 0 unspecified atom stereocenters. The van der Waals surface area contributed by atoms with E-state index in [1.807, 2.05) is 30.3 Å². The minimum Gasteiger partial charge on any atom is -0.506 e. The normalized spacial score (nSPS) is 14.3. The van der Waals surface area contributed by atoms with Crippen LogP contribution in [0.5, 0.6) is 11.5 Å². The first kappa shape index (κ1) is 21.0. The fourth-order valence-corrected chi connectivity index (χ4v) is 4.12. The molecule has 10 heteroatoms. The number of amides is 1. The van der Waals surface area contributed by atoms with Crippen molar-refractivity contribution in [2.75, 3.05) is 18.6 Å². The molecule has 158 valence electrons. The molecule has 1 aliphatic rings. The molecule has 4 rings (SSSR count). The van der Waals surface area contributed by atoms with E-state index < -0.39 is 0 Å². The lowest BCUT2D eigenvalue weighted by atomic mass is 10.1. The maximum Gasteiger partial charge on any atom is 0.269 e. The molecule has 1 aromatic heterocycles. The average Bonchev–Trinajstić information content (AvgIpc) is 3.04. The number of phenolic OH excluding ortho intramolecular Hbond substituents is 1. The molecule has 2 heterocycles. The number of ether oxygens (including phenoxy) is 1. The summed E-state index contributed by atoms with van der Waals surface area (Å²) in [6, 6.07) is 10.6. The Balaban J connectivity index is 1.78. The largest absolute Gasteiger partial charge is 0.506 e. The number of rotatable bonds is 4. The minimum absolute atomic E-state index is 0.0353. The van der Waals surface area contributed by atoms with Gasteiger partial charge in [0, 0.05) is 11.8 Å². The number of para-hydroxylation sites is 1. The lowest BCUT2D eigenvalue weighted by Gasteiger charge is -2.17. The highest BCUT2D eigenvalue weighted by Crippen LogP contribution is 2.41. The van der Waals surface area contributed by atoms with Gasteiger partial charge in [-0.2, -0.15) is 10.1 Å². The van der Waals surface area contributed by atoms with Gasteiger partial charge < -0.3 is 19.2 Å². The molecule has 2 aromatic carbocycles. The molecule has 0 bridgehead atoms. The second kappa shape index (κ2) is 8.12. The number of benzene rings is 2. The molecule has 1 saturated heterocycles. The molecule has 0 spiro atoms. The number of phenols is 1. The molecule has 0 saturated carbocycles. The number of aromatic hydroxyl groups is 1. The number of nitrogens with zero attached hydrogens (tertiary/aromatic N) is 3. The number of methoxy groups -OCH3 is 1. The summed E-state index contributed by atoms with van der Waals surface area (Å²) in [7, 11) is 1.36. The SMILES string of the molecule is COc1c(/C=N/N2C(=O)CN(c3ccccc3)C2=S)c(O)c(Br)c2oc(C)cc(=O)c12. The highest BCUT2D eigenvalue weighted by molar-refractivity contribution is 9.10. The van der Waals surface area contributed by atoms with Gasteiger partial charge in [-0.05, 0) is 47.2 Å². The molecule has 3 aromatic rings. The highest BCUT2D eigenvalue weighted by atomic mass is 79.9. The Kier molecular flexibility index (Phi) is 5.50.